The number of nitrogens with zero attached hydrogens (tertiary/aromatic N) is 2. The van der Waals surface area contributed by atoms with Gasteiger partial charge in [0.05, 0.1) is 0 Å². The molecular formula is C14H22ClN3. The van der Waals surface area contributed by atoms with Crippen LogP contribution in [-0.2, 0) is 0 Å². The van der Waals surface area contributed by atoms with Crippen molar-refractivity contribution in [2.45, 2.75) is 52.4 Å². The van der Waals surface area contributed by atoms with Gasteiger partial charge >= 0.3 is 0 Å². The number of hydrogen-bond acceptors (Lipinski definition) is 3. The van der Waals surface area contributed by atoms with E-state index in [1.54, 1.807) is 0 Å². The Bertz CT molecular complexity index is 412. The molecule has 0 saturated heterocycles. The lowest BCUT2D eigenvalue weighted by Crippen LogP contribution is -2.23. The van der Waals surface area contributed by atoms with E-state index in [4.69, 9.17) is 11.6 Å². The Morgan fingerprint density at radius 1 is 1.33 bits per heavy atom. The maximum Gasteiger partial charge on any atom is 0.135 e. The summed E-state index contributed by atoms with van der Waals surface area (Å²) in [5.41, 5.74) is 0.412. The highest BCUT2D eigenvalue weighted by atomic mass is 35.5. The number of anilines is 1. The molecule has 0 atom stereocenters. The zero-order chi connectivity index (χ0) is 13.2. The minimum Gasteiger partial charge on any atom is -0.369 e. The molecule has 0 aliphatic heterocycles. The molecule has 0 bridgehead atoms. The molecule has 0 radical (unpaired) electrons. The molecule has 0 aromatic carbocycles. The van der Waals surface area contributed by atoms with Crippen LogP contribution in [0.2, 0.25) is 5.15 Å². The predicted octanol–water partition coefficient (Wildman–Crippen LogP) is 4.25. The number of hydrogen-bond donors (Lipinski definition) is 1. The van der Waals surface area contributed by atoms with Gasteiger partial charge in [-0.2, -0.15) is 0 Å². The minimum atomic E-state index is 0.298. The quantitative estimate of drug-likeness (QED) is 0.829. The van der Waals surface area contributed by atoms with Crippen molar-refractivity contribution in [2.75, 3.05) is 11.9 Å². The first-order valence-corrected chi connectivity index (χ1v) is 7.15. The van der Waals surface area contributed by atoms with Crippen molar-refractivity contribution in [2.24, 2.45) is 5.41 Å². The van der Waals surface area contributed by atoms with Gasteiger partial charge in [0, 0.05) is 18.5 Å². The Balaban J connectivity index is 2.04. The maximum absolute atomic E-state index is 6.03. The second kappa shape index (κ2) is 5.43. The molecule has 1 heterocycles. The Hall–Kier alpha value is -0.830. The van der Waals surface area contributed by atoms with Crippen LogP contribution in [0.1, 0.15) is 58.2 Å². The summed E-state index contributed by atoms with van der Waals surface area (Å²) in [7, 11) is 0. The molecule has 0 spiro atoms. The maximum atomic E-state index is 6.03. The van der Waals surface area contributed by atoms with Gasteiger partial charge in [-0.05, 0) is 18.3 Å². The molecule has 1 aromatic rings. The van der Waals surface area contributed by atoms with Crippen LogP contribution in [0.3, 0.4) is 0 Å². The van der Waals surface area contributed by atoms with Crippen molar-refractivity contribution >= 4 is 17.4 Å². The summed E-state index contributed by atoms with van der Waals surface area (Å²) in [6.45, 7) is 7.47. The third kappa shape index (κ3) is 3.35. The van der Waals surface area contributed by atoms with Gasteiger partial charge in [-0.25, -0.2) is 9.97 Å². The van der Waals surface area contributed by atoms with E-state index in [1.165, 1.54) is 25.7 Å². The van der Waals surface area contributed by atoms with Gasteiger partial charge in [0.25, 0.3) is 0 Å². The summed E-state index contributed by atoms with van der Waals surface area (Å²) in [6.07, 6.45) is 5.30. The first kappa shape index (κ1) is 13.6. The van der Waals surface area contributed by atoms with E-state index in [1.807, 2.05) is 6.07 Å². The van der Waals surface area contributed by atoms with Crippen LogP contribution in [0.5, 0.6) is 0 Å². The van der Waals surface area contributed by atoms with Crippen molar-refractivity contribution in [3.05, 3.63) is 17.0 Å². The molecule has 4 heteroatoms. The highest BCUT2D eigenvalue weighted by Gasteiger charge is 2.28. The fourth-order valence-corrected chi connectivity index (χ4v) is 2.68. The van der Waals surface area contributed by atoms with Crippen molar-refractivity contribution in [3.8, 4) is 0 Å². The number of nitrogens with one attached hydrogen (secondary N) is 1. The molecule has 1 aliphatic rings. The van der Waals surface area contributed by atoms with Crippen LogP contribution in [0.25, 0.3) is 0 Å². The topological polar surface area (TPSA) is 37.8 Å². The second-order valence-corrected chi connectivity index (χ2v) is 6.35. The molecule has 1 aromatic heterocycles. The number of halogens is 1. The standard InChI is InChI=1S/C14H22ClN3/c1-10(2)13-17-11(15)8-12(18-13)16-9-14(3)6-4-5-7-14/h8,10H,4-7,9H2,1-3H3,(H,16,17,18). The zero-order valence-corrected chi connectivity index (χ0v) is 12.2. The van der Waals surface area contributed by atoms with Crippen LogP contribution in [-0.4, -0.2) is 16.5 Å². The predicted molar refractivity (Wildman–Crippen MR) is 76.2 cm³/mol. The first-order valence-electron chi connectivity index (χ1n) is 6.77. The van der Waals surface area contributed by atoms with E-state index in [0.29, 0.717) is 16.5 Å². The Morgan fingerprint density at radius 2 is 2.00 bits per heavy atom. The van der Waals surface area contributed by atoms with E-state index in [0.717, 1.165) is 18.2 Å². The fraction of sp³-hybridized carbons (Fsp3) is 0.714. The van der Waals surface area contributed by atoms with Gasteiger partial charge in [0.1, 0.15) is 16.8 Å². The lowest BCUT2D eigenvalue weighted by Gasteiger charge is -2.24. The molecule has 100 valence electrons. The molecule has 1 saturated carbocycles. The molecule has 1 N–H and O–H groups in total. The highest BCUT2D eigenvalue weighted by Crippen LogP contribution is 2.37. The Labute approximate surface area is 114 Å². The Morgan fingerprint density at radius 3 is 2.61 bits per heavy atom. The summed E-state index contributed by atoms with van der Waals surface area (Å²) in [6, 6.07) is 1.81. The van der Waals surface area contributed by atoms with E-state index in [2.05, 4.69) is 36.1 Å². The van der Waals surface area contributed by atoms with E-state index in [-0.39, 0.29) is 0 Å². The number of rotatable bonds is 4. The third-order valence-electron chi connectivity index (χ3n) is 3.74. The molecule has 1 aliphatic carbocycles. The molecule has 3 nitrogen and oxygen atoms in total. The average Bonchev–Trinajstić information content (AvgIpc) is 2.73. The number of aromatic nitrogens is 2. The van der Waals surface area contributed by atoms with Crippen LogP contribution in [0.4, 0.5) is 5.82 Å². The first-order chi connectivity index (χ1) is 8.48. The van der Waals surface area contributed by atoms with Crippen LogP contribution in [0.15, 0.2) is 6.07 Å². The average molecular weight is 268 g/mol. The van der Waals surface area contributed by atoms with Crippen molar-refractivity contribution in [1.29, 1.82) is 0 Å². The normalized spacial score (nSPS) is 18.3. The van der Waals surface area contributed by atoms with Crippen LogP contribution in [0, 0.1) is 5.41 Å². The van der Waals surface area contributed by atoms with Gasteiger partial charge in [-0.1, -0.05) is 45.2 Å². The van der Waals surface area contributed by atoms with Gasteiger partial charge in [0.15, 0.2) is 0 Å². The van der Waals surface area contributed by atoms with E-state index >= 15 is 0 Å². The third-order valence-corrected chi connectivity index (χ3v) is 3.93. The van der Waals surface area contributed by atoms with E-state index < -0.39 is 0 Å². The lowest BCUT2D eigenvalue weighted by molar-refractivity contribution is 0.361. The second-order valence-electron chi connectivity index (χ2n) is 5.96. The molecule has 2 rings (SSSR count). The van der Waals surface area contributed by atoms with Gasteiger partial charge in [0.2, 0.25) is 0 Å². The molecule has 0 amide bonds. The molecule has 0 unspecified atom stereocenters. The zero-order valence-electron chi connectivity index (χ0n) is 11.5. The summed E-state index contributed by atoms with van der Waals surface area (Å²) in [5, 5.41) is 3.95. The Kier molecular flexibility index (Phi) is 4.10. The van der Waals surface area contributed by atoms with E-state index in [9.17, 15) is 0 Å². The smallest absolute Gasteiger partial charge is 0.135 e. The van der Waals surface area contributed by atoms with Crippen molar-refractivity contribution < 1.29 is 0 Å². The summed E-state index contributed by atoms with van der Waals surface area (Å²) < 4.78 is 0. The van der Waals surface area contributed by atoms with Gasteiger partial charge < -0.3 is 5.32 Å². The SMILES string of the molecule is CC(C)c1nc(Cl)cc(NCC2(C)CCCC2)n1. The van der Waals surface area contributed by atoms with Gasteiger partial charge in [-0.3, -0.25) is 0 Å². The summed E-state index contributed by atoms with van der Waals surface area (Å²) in [4.78, 5) is 8.76. The van der Waals surface area contributed by atoms with Crippen molar-refractivity contribution in [1.82, 2.24) is 9.97 Å². The summed E-state index contributed by atoms with van der Waals surface area (Å²) in [5.74, 6) is 1.96. The lowest BCUT2D eigenvalue weighted by atomic mass is 9.89. The molecular weight excluding hydrogens is 246 g/mol. The monoisotopic (exact) mass is 267 g/mol. The van der Waals surface area contributed by atoms with Crippen LogP contribution >= 0.6 is 11.6 Å². The van der Waals surface area contributed by atoms with Gasteiger partial charge in [-0.15, -0.1) is 0 Å². The van der Waals surface area contributed by atoms with Crippen LogP contribution < -0.4 is 5.32 Å². The minimum absolute atomic E-state index is 0.298. The van der Waals surface area contributed by atoms with Crippen molar-refractivity contribution in [3.63, 3.8) is 0 Å². The fourth-order valence-electron chi connectivity index (χ4n) is 2.49. The summed E-state index contributed by atoms with van der Waals surface area (Å²) >= 11 is 6.03. The molecule has 18 heavy (non-hydrogen) atoms. The highest BCUT2D eigenvalue weighted by molar-refractivity contribution is 6.29. The largest absolute Gasteiger partial charge is 0.369 e. The molecule has 1 fully saturated rings.